The lowest BCUT2D eigenvalue weighted by Crippen LogP contribution is -2.17. The summed E-state index contributed by atoms with van der Waals surface area (Å²) in [6.45, 7) is 3.36. The Morgan fingerprint density at radius 3 is 2.38 bits per heavy atom. The summed E-state index contributed by atoms with van der Waals surface area (Å²) in [6.07, 6.45) is 1.92. The lowest BCUT2D eigenvalue weighted by Gasteiger charge is -2.16. The van der Waals surface area contributed by atoms with E-state index in [4.69, 9.17) is 0 Å². The number of benzene rings is 1. The summed E-state index contributed by atoms with van der Waals surface area (Å²) in [7, 11) is 2.11. The molecule has 3 nitrogen and oxygen atoms in total. The first-order valence-corrected chi connectivity index (χ1v) is 8.72. The van der Waals surface area contributed by atoms with Crippen molar-refractivity contribution in [2.24, 2.45) is 0 Å². The van der Waals surface area contributed by atoms with E-state index in [1.54, 1.807) is 6.92 Å². The maximum Gasteiger partial charge on any atom is 0.169 e. The zero-order valence-electron chi connectivity index (χ0n) is 13.9. The van der Waals surface area contributed by atoms with E-state index in [0.29, 0.717) is 0 Å². The normalized spacial score (nSPS) is 11.0. The van der Waals surface area contributed by atoms with Crippen LogP contribution in [0.5, 0.6) is 0 Å². The Kier molecular flexibility index (Phi) is 5.18. The van der Waals surface area contributed by atoms with Gasteiger partial charge in [0.15, 0.2) is 5.78 Å². The monoisotopic (exact) mass is 336 g/mol. The Hall–Kier alpha value is -2.30. The number of pyridine rings is 1. The van der Waals surface area contributed by atoms with Gasteiger partial charge >= 0.3 is 0 Å². The lowest BCUT2D eigenvalue weighted by atomic mass is 10.2. The van der Waals surface area contributed by atoms with Crippen molar-refractivity contribution in [1.82, 2.24) is 9.88 Å². The van der Waals surface area contributed by atoms with E-state index < -0.39 is 0 Å². The van der Waals surface area contributed by atoms with Crippen molar-refractivity contribution in [2.75, 3.05) is 7.05 Å². The molecule has 0 unspecified atom stereocenters. The summed E-state index contributed by atoms with van der Waals surface area (Å²) in [5, 5.41) is 0. The molecule has 0 amide bonds. The quantitative estimate of drug-likeness (QED) is 0.615. The van der Waals surface area contributed by atoms with E-state index in [-0.39, 0.29) is 5.78 Å². The molecule has 0 atom stereocenters. The molecule has 0 aliphatic heterocycles. The lowest BCUT2D eigenvalue weighted by molar-refractivity contribution is 0.102. The van der Waals surface area contributed by atoms with Gasteiger partial charge in [-0.1, -0.05) is 36.4 Å². The van der Waals surface area contributed by atoms with E-state index in [1.807, 2.05) is 30.5 Å². The summed E-state index contributed by atoms with van der Waals surface area (Å²) in [4.78, 5) is 20.0. The van der Waals surface area contributed by atoms with Gasteiger partial charge in [-0.05, 0) is 43.3 Å². The fourth-order valence-electron chi connectivity index (χ4n) is 2.59. The second-order valence-electron chi connectivity index (χ2n) is 5.93. The SMILES string of the molecule is CC(=O)c1ccc(-c2ccc(CN(C)Cc3ccccc3)cn2)s1. The van der Waals surface area contributed by atoms with Crippen molar-refractivity contribution in [3.05, 3.63) is 76.8 Å². The number of rotatable bonds is 6. The van der Waals surface area contributed by atoms with Crippen LogP contribution in [0.2, 0.25) is 0 Å². The Morgan fingerprint density at radius 2 is 1.75 bits per heavy atom. The van der Waals surface area contributed by atoms with Crippen molar-refractivity contribution in [3.63, 3.8) is 0 Å². The number of thiophene rings is 1. The molecule has 0 aliphatic rings. The first kappa shape index (κ1) is 16.6. The molecule has 2 heterocycles. The van der Waals surface area contributed by atoms with Gasteiger partial charge in [0.25, 0.3) is 0 Å². The highest BCUT2D eigenvalue weighted by molar-refractivity contribution is 7.17. The molecule has 0 aliphatic carbocycles. The molecular formula is C20H20N2OS. The van der Waals surface area contributed by atoms with Gasteiger partial charge in [-0.15, -0.1) is 11.3 Å². The number of ketones is 1. The topological polar surface area (TPSA) is 33.2 Å². The summed E-state index contributed by atoms with van der Waals surface area (Å²) < 4.78 is 0. The number of aromatic nitrogens is 1. The number of nitrogens with zero attached hydrogens (tertiary/aromatic N) is 2. The van der Waals surface area contributed by atoms with Gasteiger partial charge in [0, 0.05) is 19.3 Å². The van der Waals surface area contributed by atoms with Crippen LogP contribution in [0, 0.1) is 0 Å². The second kappa shape index (κ2) is 7.51. The van der Waals surface area contributed by atoms with Crippen LogP contribution in [0.1, 0.15) is 27.7 Å². The molecular weight excluding hydrogens is 316 g/mol. The molecule has 2 aromatic heterocycles. The van der Waals surface area contributed by atoms with Crippen molar-refractivity contribution in [3.8, 4) is 10.6 Å². The highest BCUT2D eigenvalue weighted by Gasteiger charge is 2.08. The van der Waals surface area contributed by atoms with Crippen LogP contribution in [0.15, 0.2) is 60.8 Å². The summed E-state index contributed by atoms with van der Waals surface area (Å²) in [6, 6.07) is 18.4. The smallest absolute Gasteiger partial charge is 0.169 e. The fourth-order valence-corrected chi connectivity index (χ4v) is 3.47. The average Bonchev–Trinajstić information content (AvgIpc) is 3.07. The van der Waals surface area contributed by atoms with Crippen LogP contribution in [0.3, 0.4) is 0 Å². The zero-order chi connectivity index (χ0) is 16.9. The van der Waals surface area contributed by atoms with Gasteiger partial charge < -0.3 is 0 Å². The molecule has 0 spiro atoms. The number of hydrogen-bond acceptors (Lipinski definition) is 4. The largest absolute Gasteiger partial charge is 0.298 e. The van der Waals surface area contributed by atoms with Gasteiger partial charge in [0.2, 0.25) is 0 Å². The molecule has 0 saturated carbocycles. The first-order chi connectivity index (χ1) is 11.6. The number of carbonyl (C=O) groups is 1. The molecule has 3 rings (SSSR count). The standard InChI is InChI=1S/C20H20N2OS/c1-15(23)19-10-11-20(24-19)18-9-8-17(12-21-18)14-22(2)13-16-6-4-3-5-7-16/h3-12H,13-14H2,1-2H3. The molecule has 0 N–H and O–H groups in total. The van der Waals surface area contributed by atoms with Gasteiger partial charge in [0.1, 0.15) is 0 Å². The molecule has 0 fully saturated rings. The Labute approximate surface area is 146 Å². The van der Waals surface area contributed by atoms with Crippen molar-refractivity contribution < 1.29 is 4.79 Å². The van der Waals surface area contributed by atoms with E-state index in [9.17, 15) is 4.79 Å². The van der Waals surface area contributed by atoms with E-state index in [0.717, 1.165) is 28.5 Å². The molecule has 122 valence electrons. The molecule has 3 aromatic rings. The van der Waals surface area contributed by atoms with Gasteiger partial charge in [-0.3, -0.25) is 14.7 Å². The zero-order valence-corrected chi connectivity index (χ0v) is 14.7. The molecule has 0 saturated heterocycles. The summed E-state index contributed by atoms with van der Waals surface area (Å²) >= 11 is 1.49. The van der Waals surface area contributed by atoms with Crippen LogP contribution in [0.4, 0.5) is 0 Å². The number of carbonyl (C=O) groups excluding carboxylic acids is 1. The highest BCUT2D eigenvalue weighted by Crippen LogP contribution is 2.27. The van der Waals surface area contributed by atoms with Gasteiger partial charge in [-0.25, -0.2) is 0 Å². The van der Waals surface area contributed by atoms with Gasteiger partial charge in [0.05, 0.1) is 15.4 Å². The van der Waals surface area contributed by atoms with Crippen LogP contribution in [-0.2, 0) is 13.1 Å². The van der Waals surface area contributed by atoms with E-state index >= 15 is 0 Å². The van der Waals surface area contributed by atoms with Crippen molar-refractivity contribution in [2.45, 2.75) is 20.0 Å². The number of hydrogen-bond donors (Lipinski definition) is 0. The minimum atomic E-state index is 0.102. The van der Waals surface area contributed by atoms with Crippen molar-refractivity contribution in [1.29, 1.82) is 0 Å². The minimum Gasteiger partial charge on any atom is -0.298 e. The average molecular weight is 336 g/mol. The maximum absolute atomic E-state index is 11.4. The summed E-state index contributed by atoms with van der Waals surface area (Å²) in [5.74, 6) is 0.102. The fraction of sp³-hybridized carbons (Fsp3) is 0.200. The van der Waals surface area contributed by atoms with E-state index in [1.165, 1.54) is 22.5 Å². The second-order valence-corrected chi connectivity index (χ2v) is 7.01. The van der Waals surface area contributed by atoms with Crippen LogP contribution in [-0.4, -0.2) is 22.7 Å². The number of Topliss-reactive ketones (excluding diaryl/α,β-unsaturated/α-hetero) is 1. The molecule has 0 radical (unpaired) electrons. The predicted octanol–water partition coefficient (Wildman–Crippen LogP) is 4.64. The van der Waals surface area contributed by atoms with Gasteiger partial charge in [-0.2, -0.15) is 0 Å². The molecule has 1 aromatic carbocycles. The third-order valence-corrected chi connectivity index (χ3v) is 4.99. The Bertz CT molecular complexity index is 809. The first-order valence-electron chi connectivity index (χ1n) is 7.90. The van der Waals surface area contributed by atoms with E-state index in [2.05, 4.69) is 47.3 Å². The summed E-state index contributed by atoms with van der Waals surface area (Å²) in [5.41, 5.74) is 3.41. The third-order valence-electron chi connectivity index (χ3n) is 3.78. The minimum absolute atomic E-state index is 0.102. The highest BCUT2D eigenvalue weighted by atomic mass is 32.1. The van der Waals surface area contributed by atoms with Crippen molar-refractivity contribution >= 4 is 17.1 Å². The van der Waals surface area contributed by atoms with Crippen LogP contribution >= 0.6 is 11.3 Å². The van der Waals surface area contributed by atoms with Crippen LogP contribution < -0.4 is 0 Å². The Morgan fingerprint density at radius 1 is 1.00 bits per heavy atom. The predicted molar refractivity (Wildman–Crippen MR) is 99.2 cm³/mol. The molecule has 24 heavy (non-hydrogen) atoms. The molecule has 4 heteroatoms. The molecule has 0 bridgehead atoms. The maximum atomic E-state index is 11.4. The Balaban J connectivity index is 1.64. The third kappa shape index (κ3) is 4.16. The van der Waals surface area contributed by atoms with Crippen LogP contribution in [0.25, 0.3) is 10.6 Å².